The van der Waals surface area contributed by atoms with Gasteiger partial charge >= 0.3 is 0 Å². The van der Waals surface area contributed by atoms with Gasteiger partial charge in [0.05, 0.1) is 17.8 Å². The Morgan fingerprint density at radius 1 is 1.50 bits per heavy atom. The van der Waals surface area contributed by atoms with E-state index in [0.29, 0.717) is 11.3 Å². The van der Waals surface area contributed by atoms with Crippen LogP contribution in [0, 0.1) is 11.3 Å². The molecule has 0 unspecified atom stereocenters. The van der Waals surface area contributed by atoms with E-state index in [1.165, 1.54) is 0 Å². The van der Waals surface area contributed by atoms with E-state index in [1.54, 1.807) is 18.2 Å². The predicted molar refractivity (Wildman–Crippen MR) is 53.4 cm³/mol. The Balaban J connectivity index is 2.82. The average molecular weight is 261 g/mol. The lowest BCUT2D eigenvalue weighted by atomic mass is 10.2. The molecule has 0 aliphatic rings. The van der Waals surface area contributed by atoms with Gasteiger partial charge in [-0.15, -0.1) is 0 Å². The van der Waals surface area contributed by atoms with Crippen molar-refractivity contribution in [2.75, 3.05) is 11.9 Å². The molecule has 0 atom stereocenters. The van der Waals surface area contributed by atoms with Crippen LogP contribution in [0.15, 0.2) is 22.7 Å². The Hall–Kier alpha value is -1.15. The molecule has 0 spiro atoms. The number of alkyl halides is 2. The number of rotatable bonds is 3. The summed E-state index contributed by atoms with van der Waals surface area (Å²) in [6.45, 7) is -0.448. The molecule has 0 aliphatic carbocycles. The fourth-order valence-corrected chi connectivity index (χ4v) is 1.31. The summed E-state index contributed by atoms with van der Waals surface area (Å²) < 4.78 is 24.5. The SMILES string of the molecule is N#Cc1cc(Br)ccc1NCC(F)F. The summed E-state index contributed by atoms with van der Waals surface area (Å²) >= 11 is 3.19. The largest absolute Gasteiger partial charge is 0.378 e. The van der Waals surface area contributed by atoms with Gasteiger partial charge in [0, 0.05) is 4.47 Å². The fraction of sp³-hybridized carbons (Fsp3) is 0.222. The standard InChI is InChI=1S/C9H7BrF2N2/c10-7-1-2-8(6(3-7)4-13)14-5-9(11)12/h1-3,9,14H,5H2. The molecule has 0 bridgehead atoms. The minimum absolute atomic E-state index is 0.347. The maximum atomic E-state index is 11.9. The number of anilines is 1. The second-order valence-corrected chi connectivity index (χ2v) is 3.49. The van der Waals surface area contributed by atoms with Gasteiger partial charge in [-0.25, -0.2) is 8.78 Å². The number of benzene rings is 1. The number of hydrogen-bond acceptors (Lipinski definition) is 2. The van der Waals surface area contributed by atoms with Gasteiger partial charge in [-0.05, 0) is 18.2 Å². The summed E-state index contributed by atoms with van der Waals surface area (Å²) in [6, 6.07) is 6.78. The van der Waals surface area contributed by atoms with Crippen molar-refractivity contribution >= 4 is 21.6 Å². The van der Waals surface area contributed by atoms with Crippen LogP contribution in [0.4, 0.5) is 14.5 Å². The normalized spacial score (nSPS) is 9.93. The molecule has 2 nitrogen and oxygen atoms in total. The summed E-state index contributed by atoms with van der Waals surface area (Å²) in [7, 11) is 0. The monoisotopic (exact) mass is 260 g/mol. The predicted octanol–water partition coefficient (Wildman–Crippen LogP) is 3.00. The van der Waals surface area contributed by atoms with E-state index < -0.39 is 13.0 Å². The van der Waals surface area contributed by atoms with Crippen LogP contribution in [-0.4, -0.2) is 13.0 Å². The lowest BCUT2D eigenvalue weighted by Gasteiger charge is -2.07. The van der Waals surface area contributed by atoms with Gasteiger partial charge in [0.25, 0.3) is 6.43 Å². The molecule has 0 amide bonds. The van der Waals surface area contributed by atoms with Gasteiger partial charge in [-0.1, -0.05) is 15.9 Å². The van der Waals surface area contributed by atoms with Crippen LogP contribution in [0.2, 0.25) is 0 Å². The molecule has 0 aromatic heterocycles. The highest BCUT2D eigenvalue weighted by molar-refractivity contribution is 9.10. The van der Waals surface area contributed by atoms with E-state index >= 15 is 0 Å². The van der Waals surface area contributed by atoms with Crippen molar-refractivity contribution in [3.63, 3.8) is 0 Å². The van der Waals surface area contributed by atoms with E-state index in [2.05, 4.69) is 21.2 Å². The third kappa shape index (κ3) is 2.96. The van der Waals surface area contributed by atoms with Gasteiger partial charge < -0.3 is 5.32 Å². The molecule has 74 valence electrons. The second kappa shape index (κ2) is 4.91. The van der Waals surface area contributed by atoms with E-state index in [4.69, 9.17) is 5.26 Å². The minimum atomic E-state index is -2.43. The Bertz CT molecular complexity index is 360. The maximum Gasteiger partial charge on any atom is 0.255 e. The molecular formula is C9H7BrF2N2. The van der Waals surface area contributed by atoms with Crippen molar-refractivity contribution < 1.29 is 8.78 Å². The lowest BCUT2D eigenvalue weighted by Crippen LogP contribution is -2.11. The van der Waals surface area contributed by atoms with E-state index in [9.17, 15) is 8.78 Å². The highest BCUT2D eigenvalue weighted by atomic mass is 79.9. The molecule has 14 heavy (non-hydrogen) atoms. The Morgan fingerprint density at radius 3 is 2.79 bits per heavy atom. The molecular weight excluding hydrogens is 254 g/mol. The van der Waals surface area contributed by atoms with Crippen LogP contribution in [0.1, 0.15) is 5.56 Å². The third-order valence-electron chi connectivity index (χ3n) is 1.55. The average Bonchev–Trinajstić information content (AvgIpc) is 2.15. The Morgan fingerprint density at radius 2 is 2.21 bits per heavy atom. The van der Waals surface area contributed by atoms with Crippen LogP contribution < -0.4 is 5.32 Å². The fourth-order valence-electron chi connectivity index (χ4n) is 0.950. The topological polar surface area (TPSA) is 35.8 Å². The first-order valence-electron chi connectivity index (χ1n) is 3.85. The molecule has 1 N–H and O–H groups in total. The smallest absolute Gasteiger partial charge is 0.255 e. The number of nitriles is 1. The van der Waals surface area contributed by atoms with Gasteiger partial charge in [0.15, 0.2) is 0 Å². The van der Waals surface area contributed by atoms with Crippen molar-refractivity contribution in [2.45, 2.75) is 6.43 Å². The van der Waals surface area contributed by atoms with Crippen LogP contribution >= 0.6 is 15.9 Å². The zero-order chi connectivity index (χ0) is 10.6. The second-order valence-electron chi connectivity index (χ2n) is 2.57. The Labute approximate surface area is 88.7 Å². The van der Waals surface area contributed by atoms with Crippen molar-refractivity contribution in [1.82, 2.24) is 0 Å². The molecule has 0 aliphatic heterocycles. The maximum absolute atomic E-state index is 11.9. The van der Waals surface area contributed by atoms with Crippen molar-refractivity contribution in [1.29, 1.82) is 5.26 Å². The number of halogens is 3. The molecule has 0 saturated heterocycles. The van der Waals surface area contributed by atoms with Crippen LogP contribution in [0.3, 0.4) is 0 Å². The molecule has 1 aromatic rings. The quantitative estimate of drug-likeness (QED) is 0.907. The molecule has 1 rings (SSSR count). The van der Waals surface area contributed by atoms with Gasteiger partial charge in [0.1, 0.15) is 6.07 Å². The summed E-state index contributed by atoms with van der Waals surface area (Å²) in [5.41, 5.74) is 0.774. The third-order valence-corrected chi connectivity index (χ3v) is 2.04. The summed E-state index contributed by atoms with van der Waals surface area (Å²) in [5, 5.41) is 11.2. The first-order valence-corrected chi connectivity index (χ1v) is 4.64. The zero-order valence-corrected chi connectivity index (χ0v) is 8.68. The zero-order valence-electron chi connectivity index (χ0n) is 7.10. The number of hydrogen-bond donors (Lipinski definition) is 1. The molecule has 5 heteroatoms. The van der Waals surface area contributed by atoms with Crippen LogP contribution in [0.5, 0.6) is 0 Å². The number of nitrogens with zero attached hydrogens (tertiary/aromatic N) is 1. The van der Waals surface area contributed by atoms with Gasteiger partial charge in [-0.3, -0.25) is 0 Å². The molecule has 0 heterocycles. The van der Waals surface area contributed by atoms with E-state index in [-0.39, 0.29) is 0 Å². The summed E-state index contributed by atoms with van der Waals surface area (Å²) in [6.07, 6.45) is -2.43. The van der Waals surface area contributed by atoms with Gasteiger partial charge in [0.2, 0.25) is 0 Å². The highest BCUT2D eigenvalue weighted by Crippen LogP contribution is 2.20. The highest BCUT2D eigenvalue weighted by Gasteiger charge is 2.05. The summed E-state index contributed by atoms with van der Waals surface area (Å²) in [5.74, 6) is 0. The van der Waals surface area contributed by atoms with Crippen LogP contribution in [0.25, 0.3) is 0 Å². The van der Waals surface area contributed by atoms with Crippen LogP contribution in [-0.2, 0) is 0 Å². The molecule has 0 fully saturated rings. The van der Waals surface area contributed by atoms with Gasteiger partial charge in [-0.2, -0.15) is 5.26 Å². The van der Waals surface area contributed by atoms with Crippen molar-refractivity contribution in [3.05, 3.63) is 28.2 Å². The first-order chi connectivity index (χ1) is 6.63. The molecule has 0 radical (unpaired) electrons. The Kier molecular flexibility index (Phi) is 3.84. The summed E-state index contributed by atoms with van der Waals surface area (Å²) in [4.78, 5) is 0. The van der Waals surface area contributed by atoms with E-state index in [1.807, 2.05) is 6.07 Å². The van der Waals surface area contributed by atoms with Crippen molar-refractivity contribution in [2.24, 2.45) is 0 Å². The van der Waals surface area contributed by atoms with E-state index in [0.717, 1.165) is 4.47 Å². The lowest BCUT2D eigenvalue weighted by molar-refractivity contribution is 0.163. The molecule has 0 saturated carbocycles. The minimum Gasteiger partial charge on any atom is -0.378 e. The number of nitrogens with one attached hydrogen (secondary N) is 1. The first kappa shape index (κ1) is 10.9. The molecule has 1 aromatic carbocycles. The van der Waals surface area contributed by atoms with Crippen molar-refractivity contribution in [3.8, 4) is 6.07 Å².